The molecule has 0 radical (unpaired) electrons. The van der Waals surface area contributed by atoms with Gasteiger partial charge in [0.1, 0.15) is 0 Å². The number of rotatable bonds is 6. The summed E-state index contributed by atoms with van der Waals surface area (Å²) in [7, 11) is 0. The highest BCUT2D eigenvalue weighted by molar-refractivity contribution is 5.96. The predicted octanol–water partition coefficient (Wildman–Crippen LogP) is 4.05. The smallest absolute Gasteiger partial charge is 0.251 e. The average Bonchev–Trinajstić information content (AvgIpc) is 3.49. The van der Waals surface area contributed by atoms with Crippen molar-refractivity contribution < 1.29 is 4.79 Å². The fourth-order valence-corrected chi connectivity index (χ4v) is 4.24. The van der Waals surface area contributed by atoms with Gasteiger partial charge < -0.3 is 16.0 Å². The number of benzene rings is 2. The number of nitrogens with zero attached hydrogens (tertiary/aromatic N) is 2. The van der Waals surface area contributed by atoms with Gasteiger partial charge in [-0.2, -0.15) is 0 Å². The van der Waals surface area contributed by atoms with Crippen LogP contribution in [0.25, 0.3) is 22.0 Å². The van der Waals surface area contributed by atoms with Crippen LogP contribution in [0.3, 0.4) is 0 Å². The van der Waals surface area contributed by atoms with Crippen LogP contribution in [-0.4, -0.2) is 40.5 Å². The van der Waals surface area contributed by atoms with E-state index < -0.39 is 0 Å². The number of nitrogens with one attached hydrogen (secondary N) is 3. The summed E-state index contributed by atoms with van der Waals surface area (Å²) in [6.45, 7) is 6.19. The molecule has 1 amide bonds. The zero-order valence-corrected chi connectivity index (χ0v) is 18.2. The predicted molar refractivity (Wildman–Crippen MR) is 124 cm³/mol. The maximum Gasteiger partial charge on any atom is 0.251 e. The second kappa shape index (κ2) is 7.93. The largest absolute Gasteiger partial charge is 0.352 e. The van der Waals surface area contributed by atoms with Gasteiger partial charge in [-0.3, -0.25) is 4.79 Å². The van der Waals surface area contributed by atoms with E-state index in [1.165, 1.54) is 6.42 Å². The van der Waals surface area contributed by atoms with Crippen LogP contribution in [0.2, 0.25) is 0 Å². The minimum atomic E-state index is 0.00837. The van der Waals surface area contributed by atoms with Gasteiger partial charge in [0.15, 0.2) is 0 Å². The van der Waals surface area contributed by atoms with E-state index in [1.54, 1.807) is 0 Å². The number of hydrogen-bond acceptors (Lipinski definition) is 5. The molecule has 2 aromatic carbocycles. The molecule has 31 heavy (non-hydrogen) atoms. The van der Waals surface area contributed by atoms with Crippen molar-refractivity contribution in [3.63, 3.8) is 0 Å². The maximum atomic E-state index is 12.5. The monoisotopic (exact) mass is 415 g/mol. The highest BCUT2D eigenvalue weighted by atomic mass is 16.1. The van der Waals surface area contributed by atoms with Crippen LogP contribution < -0.4 is 16.0 Å². The molecule has 2 aliphatic rings. The van der Waals surface area contributed by atoms with Crippen LogP contribution in [0.4, 0.5) is 5.95 Å². The van der Waals surface area contributed by atoms with Gasteiger partial charge in [0.2, 0.25) is 5.95 Å². The topological polar surface area (TPSA) is 78.9 Å². The van der Waals surface area contributed by atoms with E-state index >= 15 is 0 Å². The number of carbonyl (C=O) groups excluding carboxylic acids is 1. The number of amides is 1. The van der Waals surface area contributed by atoms with E-state index in [0.717, 1.165) is 59.9 Å². The first-order valence-electron chi connectivity index (χ1n) is 11.2. The third-order valence-corrected chi connectivity index (χ3v) is 6.40. The molecule has 2 fully saturated rings. The van der Waals surface area contributed by atoms with Crippen LogP contribution >= 0.6 is 0 Å². The fraction of sp³-hybridized carbons (Fsp3) is 0.400. The van der Waals surface area contributed by atoms with E-state index in [1.807, 2.05) is 30.5 Å². The summed E-state index contributed by atoms with van der Waals surface area (Å²) in [5, 5.41) is 11.0. The van der Waals surface area contributed by atoms with Crippen molar-refractivity contribution in [1.29, 1.82) is 0 Å². The molecule has 6 nitrogen and oxygen atoms in total. The fourth-order valence-electron chi connectivity index (χ4n) is 4.24. The Morgan fingerprint density at radius 2 is 2.10 bits per heavy atom. The van der Waals surface area contributed by atoms with Crippen LogP contribution in [0, 0.1) is 6.92 Å². The Labute approximate surface area is 182 Å². The molecule has 160 valence electrons. The summed E-state index contributed by atoms with van der Waals surface area (Å²) in [5.41, 5.74) is 4.99. The first-order valence-corrected chi connectivity index (χ1v) is 11.2. The van der Waals surface area contributed by atoms with Crippen molar-refractivity contribution in [1.82, 2.24) is 20.6 Å². The molecule has 5 rings (SSSR count). The summed E-state index contributed by atoms with van der Waals surface area (Å²) in [6, 6.07) is 12.5. The minimum absolute atomic E-state index is 0.00837. The molecule has 3 aromatic rings. The van der Waals surface area contributed by atoms with Gasteiger partial charge >= 0.3 is 0 Å². The first kappa shape index (κ1) is 19.9. The standard InChI is InChI=1S/C25H29N5O/c1-16-4-5-18(23(31)29-20-7-8-20)13-21(16)17-6-9-22-19(12-17)14-26-24(30-22)27-15-25(2)10-3-11-28-25/h4-6,9,12-14,20,28H,3,7-8,10-11,15H2,1-2H3,(H,29,31)(H,26,27,30)/t25-/m0/s1. The van der Waals surface area contributed by atoms with E-state index in [9.17, 15) is 4.79 Å². The highest BCUT2D eigenvalue weighted by Gasteiger charge is 2.27. The number of anilines is 1. The summed E-state index contributed by atoms with van der Waals surface area (Å²) in [5.74, 6) is 0.666. The average molecular weight is 416 g/mol. The van der Waals surface area contributed by atoms with Gasteiger partial charge in [-0.1, -0.05) is 12.1 Å². The van der Waals surface area contributed by atoms with Gasteiger partial charge in [-0.25, -0.2) is 9.97 Å². The Kier molecular flexibility index (Phi) is 5.10. The third kappa shape index (κ3) is 4.39. The molecule has 1 aliphatic heterocycles. The van der Waals surface area contributed by atoms with Gasteiger partial charge in [-0.15, -0.1) is 0 Å². The molecule has 0 bridgehead atoms. The van der Waals surface area contributed by atoms with Gasteiger partial charge in [0.05, 0.1) is 5.52 Å². The lowest BCUT2D eigenvalue weighted by molar-refractivity contribution is 0.0951. The zero-order valence-electron chi connectivity index (χ0n) is 18.2. The van der Waals surface area contributed by atoms with Crippen molar-refractivity contribution in [3.8, 4) is 11.1 Å². The molecular formula is C25H29N5O. The molecule has 6 heteroatoms. The number of hydrogen-bond donors (Lipinski definition) is 3. The Bertz CT molecular complexity index is 1130. The van der Waals surface area contributed by atoms with E-state index in [4.69, 9.17) is 4.98 Å². The van der Waals surface area contributed by atoms with Crippen molar-refractivity contribution in [3.05, 3.63) is 53.7 Å². The molecule has 1 saturated heterocycles. The number of fused-ring (bicyclic) bond motifs is 1. The van der Waals surface area contributed by atoms with E-state index in [2.05, 4.69) is 46.9 Å². The minimum Gasteiger partial charge on any atom is -0.352 e. The van der Waals surface area contributed by atoms with Gasteiger partial charge in [0, 0.05) is 35.3 Å². The van der Waals surface area contributed by atoms with Crippen LogP contribution in [0.15, 0.2) is 42.6 Å². The SMILES string of the molecule is Cc1ccc(C(=O)NC2CC2)cc1-c1ccc2nc(NC[C@]3(C)CCCN3)ncc2c1. The lowest BCUT2D eigenvalue weighted by Gasteiger charge is -2.24. The zero-order chi connectivity index (χ0) is 21.4. The summed E-state index contributed by atoms with van der Waals surface area (Å²) >= 11 is 0. The van der Waals surface area contributed by atoms with Crippen molar-refractivity contribution in [2.45, 2.75) is 51.1 Å². The van der Waals surface area contributed by atoms with Crippen LogP contribution in [0.1, 0.15) is 48.5 Å². The van der Waals surface area contributed by atoms with Crippen LogP contribution in [-0.2, 0) is 0 Å². The molecule has 1 aliphatic carbocycles. The summed E-state index contributed by atoms with van der Waals surface area (Å²) < 4.78 is 0. The molecule has 2 heterocycles. The normalized spacial score (nSPS) is 20.7. The molecule has 1 saturated carbocycles. The number of carbonyl (C=O) groups is 1. The highest BCUT2D eigenvalue weighted by Crippen LogP contribution is 2.28. The molecule has 1 atom stereocenters. The Morgan fingerprint density at radius 3 is 2.87 bits per heavy atom. The summed E-state index contributed by atoms with van der Waals surface area (Å²) in [6.07, 6.45) is 6.41. The quantitative estimate of drug-likeness (QED) is 0.566. The first-order chi connectivity index (χ1) is 15.0. The molecule has 0 unspecified atom stereocenters. The lowest BCUT2D eigenvalue weighted by atomic mass is 9.97. The molecule has 0 spiro atoms. The van der Waals surface area contributed by atoms with Crippen molar-refractivity contribution in [2.75, 3.05) is 18.4 Å². The van der Waals surface area contributed by atoms with Gasteiger partial charge in [0.25, 0.3) is 5.91 Å². The Hall–Kier alpha value is -2.99. The van der Waals surface area contributed by atoms with Crippen molar-refractivity contribution >= 4 is 22.8 Å². The van der Waals surface area contributed by atoms with Crippen molar-refractivity contribution in [2.24, 2.45) is 0 Å². The lowest BCUT2D eigenvalue weighted by Crippen LogP contribution is -2.43. The second-order valence-corrected chi connectivity index (χ2v) is 9.19. The molecular weight excluding hydrogens is 386 g/mol. The Balaban J connectivity index is 1.37. The number of aromatic nitrogens is 2. The van der Waals surface area contributed by atoms with Gasteiger partial charge in [-0.05, 0) is 87.0 Å². The van der Waals surface area contributed by atoms with Crippen LogP contribution in [0.5, 0.6) is 0 Å². The Morgan fingerprint density at radius 1 is 1.23 bits per heavy atom. The molecule has 3 N–H and O–H groups in total. The maximum absolute atomic E-state index is 12.5. The number of aryl methyl sites for hydroxylation is 1. The second-order valence-electron chi connectivity index (χ2n) is 9.19. The molecule has 1 aromatic heterocycles. The third-order valence-electron chi connectivity index (χ3n) is 6.40. The van der Waals surface area contributed by atoms with E-state index in [0.29, 0.717) is 17.6 Å². The van der Waals surface area contributed by atoms with E-state index in [-0.39, 0.29) is 11.4 Å². The summed E-state index contributed by atoms with van der Waals surface area (Å²) in [4.78, 5) is 21.7.